The minimum Gasteiger partial charge on any atom is -0.352 e. The molecule has 2 aliphatic rings. The van der Waals surface area contributed by atoms with E-state index >= 15 is 0 Å². The molecule has 0 aliphatic heterocycles. The number of benzene rings is 2. The summed E-state index contributed by atoms with van der Waals surface area (Å²) in [6.45, 7) is 0. The van der Waals surface area contributed by atoms with Crippen LogP contribution in [0.1, 0.15) is 70.3 Å². The number of nitrogens with zero attached hydrogens (tertiary/aromatic N) is 6. The summed E-state index contributed by atoms with van der Waals surface area (Å²) in [7, 11) is 0. The fourth-order valence-electron chi connectivity index (χ4n) is 6.12. The number of hydrogen-bond acceptors (Lipinski definition) is 5. The quantitative estimate of drug-likeness (QED) is 0.405. The third-order valence-corrected chi connectivity index (χ3v) is 7.91. The highest BCUT2D eigenvalue weighted by Gasteiger charge is 2.35. The zero-order valence-corrected chi connectivity index (χ0v) is 20.6. The van der Waals surface area contributed by atoms with Crippen molar-refractivity contribution in [3.63, 3.8) is 0 Å². The standard InChI is InChI=1S/C28H33N7O/c36-28(30-22-13-5-2-6-14-22)26(20-10-3-1-4-11-20)35-25-17-8-7-16-24(25)31-27(35)21-12-9-15-23(18-21)34-19-29-32-33-34/h7-9,12,15-20,22,26H,1-6,10-11,13-14H2,(H,30,36). The van der Waals surface area contributed by atoms with Gasteiger partial charge in [0.1, 0.15) is 18.2 Å². The van der Waals surface area contributed by atoms with E-state index in [1.165, 1.54) is 38.5 Å². The molecule has 2 saturated carbocycles. The summed E-state index contributed by atoms with van der Waals surface area (Å²) in [6, 6.07) is 16.3. The van der Waals surface area contributed by atoms with E-state index in [1.54, 1.807) is 11.0 Å². The van der Waals surface area contributed by atoms with Crippen LogP contribution in [0.3, 0.4) is 0 Å². The number of tetrazole rings is 1. The van der Waals surface area contributed by atoms with Crippen molar-refractivity contribution in [2.75, 3.05) is 0 Å². The highest BCUT2D eigenvalue weighted by Crippen LogP contribution is 2.39. The third-order valence-electron chi connectivity index (χ3n) is 7.91. The summed E-state index contributed by atoms with van der Waals surface area (Å²) >= 11 is 0. The zero-order chi connectivity index (χ0) is 24.3. The Morgan fingerprint density at radius 1 is 0.917 bits per heavy atom. The van der Waals surface area contributed by atoms with Crippen LogP contribution in [-0.2, 0) is 4.79 Å². The monoisotopic (exact) mass is 483 g/mol. The van der Waals surface area contributed by atoms with E-state index < -0.39 is 0 Å². The highest BCUT2D eigenvalue weighted by atomic mass is 16.2. The maximum Gasteiger partial charge on any atom is 0.243 e. The first kappa shape index (κ1) is 22.9. The van der Waals surface area contributed by atoms with Gasteiger partial charge in [-0.2, -0.15) is 0 Å². The van der Waals surface area contributed by atoms with E-state index in [4.69, 9.17) is 4.98 Å². The third kappa shape index (κ3) is 4.52. The Bertz CT molecular complexity index is 1320. The molecule has 6 rings (SSSR count). The Balaban J connectivity index is 1.47. The summed E-state index contributed by atoms with van der Waals surface area (Å²) in [4.78, 5) is 19.2. The normalized spacial score (nSPS) is 18.3. The highest BCUT2D eigenvalue weighted by molar-refractivity contribution is 5.87. The van der Waals surface area contributed by atoms with Crippen LogP contribution in [0.25, 0.3) is 28.1 Å². The summed E-state index contributed by atoms with van der Waals surface area (Å²) in [6.07, 6.45) is 13.1. The number of amides is 1. The van der Waals surface area contributed by atoms with Gasteiger partial charge in [0.15, 0.2) is 0 Å². The van der Waals surface area contributed by atoms with Crippen LogP contribution in [0.4, 0.5) is 0 Å². The number of aromatic nitrogens is 6. The molecule has 2 aromatic heterocycles. The number of para-hydroxylation sites is 2. The predicted molar refractivity (Wildman–Crippen MR) is 139 cm³/mol. The van der Waals surface area contributed by atoms with Crippen molar-refractivity contribution in [2.24, 2.45) is 5.92 Å². The van der Waals surface area contributed by atoms with Gasteiger partial charge in [0.2, 0.25) is 5.91 Å². The number of nitrogens with one attached hydrogen (secondary N) is 1. The smallest absolute Gasteiger partial charge is 0.243 e. The Morgan fingerprint density at radius 3 is 2.47 bits per heavy atom. The maximum absolute atomic E-state index is 14.1. The molecule has 0 saturated heterocycles. The number of rotatable bonds is 6. The Hall–Kier alpha value is -3.55. The van der Waals surface area contributed by atoms with Crippen molar-refractivity contribution < 1.29 is 4.79 Å². The summed E-state index contributed by atoms with van der Waals surface area (Å²) in [5.41, 5.74) is 3.73. The van der Waals surface area contributed by atoms with Gasteiger partial charge < -0.3 is 9.88 Å². The Morgan fingerprint density at radius 2 is 1.69 bits per heavy atom. The van der Waals surface area contributed by atoms with Crippen LogP contribution in [0.2, 0.25) is 0 Å². The molecule has 36 heavy (non-hydrogen) atoms. The van der Waals surface area contributed by atoms with Crippen LogP contribution in [-0.4, -0.2) is 41.7 Å². The van der Waals surface area contributed by atoms with E-state index in [1.807, 2.05) is 36.4 Å². The molecular weight excluding hydrogens is 450 g/mol. The number of carbonyl (C=O) groups is 1. The number of imidazole rings is 1. The number of carbonyl (C=O) groups excluding carboxylic acids is 1. The van der Waals surface area contributed by atoms with Crippen LogP contribution in [0, 0.1) is 5.92 Å². The molecule has 2 aromatic carbocycles. The van der Waals surface area contributed by atoms with Gasteiger partial charge in [0, 0.05) is 11.6 Å². The molecule has 0 spiro atoms. The zero-order valence-electron chi connectivity index (χ0n) is 20.6. The topological polar surface area (TPSA) is 90.5 Å². The minimum atomic E-state index is -0.286. The summed E-state index contributed by atoms with van der Waals surface area (Å²) in [5.74, 6) is 1.26. The van der Waals surface area contributed by atoms with Gasteiger partial charge in [-0.25, -0.2) is 9.67 Å². The fraction of sp³-hybridized carbons (Fsp3) is 0.464. The first-order chi connectivity index (χ1) is 17.8. The van der Waals surface area contributed by atoms with Gasteiger partial charge in [0.25, 0.3) is 0 Å². The largest absolute Gasteiger partial charge is 0.352 e. The lowest BCUT2D eigenvalue weighted by atomic mass is 9.82. The van der Waals surface area contributed by atoms with Crippen LogP contribution < -0.4 is 5.32 Å². The van der Waals surface area contributed by atoms with E-state index in [0.29, 0.717) is 5.92 Å². The second-order valence-corrected chi connectivity index (χ2v) is 10.3. The predicted octanol–water partition coefficient (Wildman–Crippen LogP) is 5.25. The van der Waals surface area contributed by atoms with Gasteiger partial charge in [-0.3, -0.25) is 4.79 Å². The Kier molecular flexibility index (Phi) is 6.49. The Labute approximate surface area is 211 Å². The summed E-state index contributed by atoms with van der Waals surface area (Å²) < 4.78 is 3.87. The van der Waals surface area contributed by atoms with Crippen molar-refractivity contribution in [2.45, 2.75) is 76.3 Å². The molecule has 2 heterocycles. The SMILES string of the molecule is O=C(NC1CCCCC1)C(C1CCCCC1)n1c(-c2cccc(-n3cnnn3)c2)nc2ccccc21. The average Bonchev–Trinajstić information content (AvgIpc) is 3.60. The van der Waals surface area contributed by atoms with Gasteiger partial charge in [0.05, 0.1) is 16.7 Å². The van der Waals surface area contributed by atoms with Crippen molar-refractivity contribution in [3.05, 3.63) is 54.9 Å². The van der Waals surface area contributed by atoms with Crippen LogP contribution in [0.5, 0.6) is 0 Å². The van der Waals surface area contributed by atoms with Crippen molar-refractivity contribution >= 4 is 16.9 Å². The fourth-order valence-corrected chi connectivity index (χ4v) is 6.12. The van der Waals surface area contributed by atoms with Crippen LogP contribution in [0.15, 0.2) is 54.9 Å². The molecule has 186 valence electrons. The van der Waals surface area contributed by atoms with Crippen LogP contribution >= 0.6 is 0 Å². The van der Waals surface area contributed by atoms with Gasteiger partial charge >= 0.3 is 0 Å². The van der Waals surface area contributed by atoms with E-state index in [0.717, 1.165) is 53.8 Å². The molecule has 8 nitrogen and oxygen atoms in total. The average molecular weight is 484 g/mol. The first-order valence-corrected chi connectivity index (χ1v) is 13.4. The molecular formula is C28H33N7O. The van der Waals surface area contributed by atoms with Gasteiger partial charge in [-0.05, 0) is 66.3 Å². The molecule has 8 heteroatoms. The lowest BCUT2D eigenvalue weighted by Gasteiger charge is -2.33. The van der Waals surface area contributed by atoms with E-state index in [9.17, 15) is 4.79 Å². The second-order valence-electron chi connectivity index (χ2n) is 10.3. The summed E-state index contributed by atoms with van der Waals surface area (Å²) in [5, 5.41) is 15.1. The van der Waals surface area contributed by atoms with Crippen molar-refractivity contribution in [1.29, 1.82) is 0 Å². The van der Waals surface area contributed by atoms with Crippen molar-refractivity contribution in [3.8, 4) is 17.1 Å². The molecule has 1 atom stereocenters. The molecule has 1 unspecified atom stereocenters. The lowest BCUT2D eigenvalue weighted by molar-refractivity contribution is -0.127. The second kappa shape index (κ2) is 10.2. The van der Waals surface area contributed by atoms with Gasteiger partial charge in [-0.15, -0.1) is 5.10 Å². The number of fused-ring (bicyclic) bond motifs is 1. The molecule has 2 fully saturated rings. The van der Waals surface area contributed by atoms with Crippen molar-refractivity contribution in [1.82, 2.24) is 35.1 Å². The van der Waals surface area contributed by atoms with E-state index in [2.05, 4.69) is 37.5 Å². The lowest BCUT2D eigenvalue weighted by Crippen LogP contribution is -2.43. The number of hydrogen-bond donors (Lipinski definition) is 1. The molecule has 4 aromatic rings. The van der Waals surface area contributed by atoms with Gasteiger partial charge in [-0.1, -0.05) is 62.8 Å². The molecule has 2 aliphatic carbocycles. The molecule has 0 radical (unpaired) electrons. The van der Waals surface area contributed by atoms with E-state index in [-0.39, 0.29) is 18.0 Å². The molecule has 0 bridgehead atoms. The first-order valence-electron chi connectivity index (χ1n) is 13.4. The minimum absolute atomic E-state index is 0.148. The maximum atomic E-state index is 14.1. The molecule has 1 N–H and O–H groups in total. The molecule has 1 amide bonds.